The number of aliphatic hydroxyl groups is 1. The highest BCUT2D eigenvalue weighted by Gasteiger charge is 2.55. The number of hydrogen-bond donors (Lipinski definition) is 1. The molecule has 1 aliphatic carbocycles. The third-order valence-corrected chi connectivity index (χ3v) is 5.24. The molecule has 3 atom stereocenters. The van der Waals surface area contributed by atoms with E-state index in [0.717, 1.165) is 35.5 Å². The fourth-order valence-corrected chi connectivity index (χ4v) is 4.00. The smallest absolute Gasteiger partial charge is 0.196 e. The number of anilines is 1. The van der Waals surface area contributed by atoms with Crippen LogP contribution in [0.25, 0.3) is 0 Å². The Hall–Kier alpha value is -1.55. The van der Waals surface area contributed by atoms with Gasteiger partial charge in [0.15, 0.2) is 5.79 Å². The zero-order valence-electron chi connectivity index (χ0n) is 12.9. The van der Waals surface area contributed by atoms with Crippen LogP contribution in [0.4, 0.5) is 5.69 Å². The summed E-state index contributed by atoms with van der Waals surface area (Å²) in [6.45, 7) is 0. The Morgan fingerprint density at radius 1 is 1.04 bits per heavy atom. The molecule has 23 heavy (non-hydrogen) atoms. The van der Waals surface area contributed by atoms with Crippen LogP contribution < -0.4 is 5.06 Å². The summed E-state index contributed by atoms with van der Waals surface area (Å²) in [6.07, 6.45) is 3.78. The molecule has 2 fully saturated rings. The van der Waals surface area contributed by atoms with Crippen molar-refractivity contribution in [2.75, 3.05) is 5.06 Å². The first-order valence-corrected chi connectivity index (χ1v) is 8.56. The second-order valence-corrected chi connectivity index (χ2v) is 6.88. The molecular weight excluding hydrogens is 310 g/mol. The molecule has 1 aliphatic heterocycles. The summed E-state index contributed by atoms with van der Waals surface area (Å²) in [7, 11) is 0. The monoisotopic (exact) mass is 329 g/mol. The number of halogens is 1. The Bertz CT molecular complexity index is 676. The summed E-state index contributed by atoms with van der Waals surface area (Å²) in [5.41, 5.74) is 2.09. The number of hydrogen-bond acceptors (Lipinski definition) is 3. The maximum Gasteiger partial charge on any atom is 0.196 e. The van der Waals surface area contributed by atoms with E-state index in [1.807, 2.05) is 59.7 Å². The van der Waals surface area contributed by atoms with Crippen molar-refractivity contribution >= 4 is 17.3 Å². The average Bonchev–Trinajstić information content (AvgIpc) is 2.90. The van der Waals surface area contributed by atoms with Gasteiger partial charge in [0.05, 0.1) is 11.7 Å². The molecule has 0 unspecified atom stereocenters. The highest BCUT2D eigenvalue weighted by molar-refractivity contribution is 6.30. The van der Waals surface area contributed by atoms with Crippen LogP contribution in [0.15, 0.2) is 54.6 Å². The first-order chi connectivity index (χ1) is 11.2. The largest absolute Gasteiger partial charge is 0.363 e. The van der Waals surface area contributed by atoms with E-state index in [1.54, 1.807) is 0 Å². The molecular formula is C19H20ClNO2. The van der Waals surface area contributed by atoms with Crippen LogP contribution in [0.2, 0.25) is 5.02 Å². The van der Waals surface area contributed by atoms with Crippen molar-refractivity contribution in [1.82, 2.24) is 0 Å². The van der Waals surface area contributed by atoms with Crippen molar-refractivity contribution in [3.63, 3.8) is 0 Å². The molecule has 1 saturated carbocycles. The lowest BCUT2D eigenvalue weighted by Gasteiger charge is -2.32. The lowest BCUT2D eigenvalue weighted by Crippen LogP contribution is -2.39. The highest BCUT2D eigenvalue weighted by Crippen LogP contribution is 2.52. The van der Waals surface area contributed by atoms with Crippen molar-refractivity contribution in [2.24, 2.45) is 5.92 Å². The molecule has 4 heteroatoms. The van der Waals surface area contributed by atoms with E-state index in [0.29, 0.717) is 6.42 Å². The molecule has 0 radical (unpaired) electrons. The molecule has 3 nitrogen and oxygen atoms in total. The van der Waals surface area contributed by atoms with E-state index < -0.39 is 5.79 Å². The van der Waals surface area contributed by atoms with E-state index >= 15 is 0 Å². The normalized spacial score (nSPS) is 30.3. The van der Waals surface area contributed by atoms with E-state index in [4.69, 9.17) is 16.4 Å². The Labute approximate surface area is 141 Å². The van der Waals surface area contributed by atoms with Crippen molar-refractivity contribution in [3.05, 3.63) is 65.2 Å². The van der Waals surface area contributed by atoms with E-state index in [1.165, 1.54) is 0 Å². The number of fused-ring (bicyclic) bond motifs is 1. The first-order valence-electron chi connectivity index (χ1n) is 8.19. The second-order valence-electron chi connectivity index (χ2n) is 6.45. The van der Waals surface area contributed by atoms with Gasteiger partial charge in [0.1, 0.15) is 0 Å². The van der Waals surface area contributed by atoms with Gasteiger partial charge in [-0.25, -0.2) is 9.90 Å². The Balaban J connectivity index is 1.78. The zero-order valence-corrected chi connectivity index (χ0v) is 13.6. The first kappa shape index (κ1) is 15.0. The summed E-state index contributed by atoms with van der Waals surface area (Å²) in [5.74, 6) is -1.00. The molecule has 0 amide bonds. The third-order valence-electron chi connectivity index (χ3n) is 4.99. The van der Waals surface area contributed by atoms with Crippen molar-refractivity contribution in [3.8, 4) is 0 Å². The Morgan fingerprint density at radius 2 is 1.78 bits per heavy atom. The lowest BCUT2D eigenvalue weighted by atomic mass is 9.77. The van der Waals surface area contributed by atoms with Crippen molar-refractivity contribution in [2.45, 2.75) is 37.5 Å². The minimum absolute atomic E-state index is 0.0000309. The van der Waals surface area contributed by atoms with Gasteiger partial charge in [0.25, 0.3) is 0 Å². The van der Waals surface area contributed by atoms with Gasteiger partial charge in [0, 0.05) is 17.4 Å². The number of benzene rings is 2. The maximum absolute atomic E-state index is 11.0. The summed E-state index contributed by atoms with van der Waals surface area (Å²) >= 11 is 6.04. The molecule has 0 spiro atoms. The average molecular weight is 330 g/mol. The minimum atomic E-state index is -1.07. The van der Waals surface area contributed by atoms with Crippen molar-refractivity contribution in [1.29, 1.82) is 0 Å². The maximum atomic E-state index is 11.0. The summed E-state index contributed by atoms with van der Waals surface area (Å²) in [6, 6.07) is 17.9. The van der Waals surface area contributed by atoms with Crippen LogP contribution in [0.1, 0.15) is 37.3 Å². The van der Waals surface area contributed by atoms with Gasteiger partial charge in [-0.1, -0.05) is 48.4 Å². The fraction of sp³-hybridized carbons (Fsp3) is 0.368. The predicted octanol–water partition coefficient (Wildman–Crippen LogP) is 4.71. The van der Waals surface area contributed by atoms with Gasteiger partial charge < -0.3 is 5.11 Å². The van der Waals surface area contributed by atoms with Crippen molar-refractivity contribution < 1.29 is 9.94 Å². The standard InChI is InChI=1S/C19H20ClNO2/c20-15-11-9-14(10-12-15)18-17-8-4-5-13-19(17,22)23-21(18)16-6-2-1-3-7-16/h1-3,6-7,9-12,17-18,22H,4-5,8,13H2/t17-,18+,19+/m1/s1. The van der Waals surface area contributed by atoms with Gasteiger partial charge >= 0.3 is 0 Å². The van der Waals surface area contributed by atoms with Crippen LogP contribution in [-0.4, -0.2) is 10.9 Å². The number of rotatable bonds is 2. The fourth-order valence-electron chi connectivity index (χ4n) is 3.88. The number of hydroxylamine groups is 1. The second kappa shape index (κ2) is 5.82. The molecule has 2 aromatic carbocycles. The number of nitrogens with zero attached hydrogens (tertiary/aromatic N) is 1. The van der Waals surface area contributed by atoms with Gasteiger partial charge in [0.2, 0.25) is 0 Å². The number of para-hydroxylation sites is 1. The molecule has 0 bridgehead atoms. The molecule has 2 aliphatic rings. The van der Waals surface area contributed by atoms with Crippen LogP contribution in [0, 0.1) is 5.92 Å². The molecule has 0 aromatic heterocycles. The quantitative estimate of drug-likeness (QED) is 0.866. The summed E-state index contributed by atoms with van der Waals surface area (Å²) in [4.78, 5) is 6.09. The Kier molecular flexibility index (Phi) is 3.80. The van der Waals surface area contributed by atoms with Gasteiger partial charge in [-0.3, -0.25) is 0 Å². The van der Waals surface area contributed by atoms with E-state index in [2.05, 4.69) is 0 Å². The molecule has 1 saturated heterocycles. The van der Waals surface area contributed by atoms with Crippen LogP contribution >= 0.6 is 11.6 Å². The van der Waals surface area contributed by atoms with Gasteiger partial charge in [-0.05, 0) is 42.7 Å². The lowest BCUT2D eigenvalue weighted by molar-refractivity contribution is -0.214. The highest BCUT2D eigenvalue weighted by atomic mass is 35.5. The van der Waals surface area contributed by atoms with Crippen LogP contribution in [0.5, 0.6) is 0 Å². The third kappa shape index (κ3) is 2.63. The summed E-state index contributed by atoms with van der Waals surface area (Å²) < 4.78 is 0. The molecule has 1 N–H and O–H groups in total. The zero-order chi connectivity index (χ0) is 15.9. The van der Waals surface area contributed by atoms with E-state index in [-0.39, 0.29) is 12.0 Å². The molecule has 120 valence electrons. The summed E-state index contributed by atoms with van der Waals surface area (Å²) in [5, 5.41) is 13.6. The SMILES string of the molecule is O[C@]12CCCC[C@@H]1[C@H](c1ccc(Cl)cc1)N(c1ccccc1)O2. The topological polar surface area (TPSA) is 32.7 Å². The van der Waals surface area contributed by atoms with Crippen LogP contribution in [-0.2, 0) is 4.84 Å². The minimum Gasteiger partial charge on any atom is -0.363 e. The van der Waals surface area contributed by atoms with E-state index in [9.17, 15) is 5.11 Å². The molecule has 1 heterocycles. The molecule has 4 rings (SSSR count). The molecule has 2 aromatic rings. The Morgan fingerprint density at radius 3 is 2.52 bits per heavy atom. The van der Waals surface area contributed by atoms with Gasteiger partial charge in [-0.15, -0.1) is 0 Å². The predicted molar refractivity (Wildman–Crippen MR) is 91.1 cm³/mol. The van der Waals surface area contributed by atoms with Crippen LogP contribution in [0.3, 0.4) is 0 Å². The van der Waals surface area contributed by atoms with Gasteiger partial charge in [-0.2, -0.15) is 0 Å².